The first-order valence-corrected chi connectivity index (χ1v) is 6.58. The Labute approximate surface area is 119 Å². The van der Waals surface area contributed by atoms with E-state index in [1.54, 1.807) is 25.4 Å². The zero-order chi connectivity index (χ0) is 14.0. The van der Waals surface area contributed by atoms with E-state index in [0.717, 1.165) is 4.47 Å². The van der Waals surface area contributed by atoms with Crippen LogP contribution in [-0.4, -0.2) is 26.0 Å². The minimum atomic E-state index is -0.666. The van der Waals surface area contributed by atoms with Gasteiger partial charge in [-0.3, -0.25) is 4.79 Å². The summed E-state index contributed by atoms with van der Waals surface area (Å²) in [6.45, 7) is 3.72. The number of terminal acetylenes is 1. The minimum Gasteiger partial charge on any atom is -0.335 e. The summed E-state index contributed by atoms with van der Waals surface area (Å²) in [5.41, 5.74) is 0.230. The summed E-state index contributed by atoms with van der Waals surface area (Å²) in [4.78, 5) is 16.3. The second-order valence-corrected chi connectivity index (χ2v) is 5.30. The standard InChI is InChI=1S/C13H13BrN4O/c1-4-13(3,5-2)16-12(19)10-6-11-15-7-9(14)8-18(11)17-10/h1,6-8H,5H2,2-3H3,(H,16,19)/t13-/m1/s1. The second kappa shape index (κ2) is 5.02. The van der Waals surface area contributed by atoms with Gasteiger partial charge < -0.3 is 5.32 Å². The van der Waals surface area contributed by atoms with Crippen LogP contribution in [0, 0.1) is 12.3 Å². The van der Waals surface area contributed by atoms with E-state index < -0.39 is 5.54 Å². The van der Waals surface area contributed by atoms with Gasteiger partial charge in [-0.15, -0.1) is 6.42 Å². The summed E-state index contributed by atoms with van der Waals surface area (Å²) in [6.07, 6.45) is 9.46. The first kappa shape index (κ1) is 13.6. The maximum absolute atomic E-state index is 12.1. The monoisotopic (exact) mass is 320 g/mol. The van der Waals surface area contributed by atoms with Gasteiger partial charge in [-0.25, -0.2) is 9.50 Å². The predicted octanol–water partition coefficient (Wildman–Crippen LogP) is 2.02. The molecule has 19 heavy (non-hydrogen) atoms. The number of fused-ring (bicyclic) bond motifs is 1. The summed E-state index contributed by atoms with van der Waals surface area (Å²) in [6, 6.07) is 1.62. The van der Waals surface area contributed by atoms with Crippen LogP contribution in [0.15, 0.2) is 22.9 Å². The van der Waals surface area contributed by atoms with Gasteiger partial charge >= 0.3 is 0 Å². The van der Waals surface area contributed by atoms with Gasteiger partial charge in [0.05, 0.1) is 10.0 Å². The molecule has 0 aliphatic carbocycles. The van der Waals surface area contributed by atoms with Crippen LogP contribution >= 0.6 is 15.9 Å². The summed E-state index contributed by atoms with van der Waals surface area (Å²) in [7, 11) is 0. The van der Waals surface area contributed by atoms with E-state index in [9.17, 15) is 4.79 Å². The Morgan fingerprint density at radius 1 is 1.68 bits per heavy atom. The summed E-state index contributed by atoms with van der Waals surface area (Å²) >= 11 is 3.30. The molecular weight excluding hydrogens is 308 g/mol. The highest BCUT2D eigenvalue weighted by Crippen LogP contribution is 2.12. The maximum atomic E-state index is 12.1. The third kappa shape index (κ3) is 2.76. The first-order valence-electron chi connectivity index (χ1n) is 5.78. The lowest BCUT2D eigenvalue weighted by Crippen LogP contribution is -2.44. The lowest BCUT2D eigenvalue weighted by Gasteiger charge is -2.22. The number of hydrogen-bond acceptors (Lipinski definition) is 3. The molecule has 6 heteroatoms. The van der Waals surface area contributed by atoms with Crippen LogP contribution in [0.5, 0.6) is 0 Å². The number of nitrogens with zero attached hydrogens (tertiary/aromatic N) is 3. The van der Waals surface area contributed by atoms with Gasteiger partial charge in [0.2, 0.25) is 0 Å². The van der Waals surface area contributed by atoms with E-state index in [1.807, 2.05) is 6.92 Å². The fraction of sp³-hybridized carbons (Fsp3) is 0.308. The van der Waals surface area contributed by atoms with E-state index >= 15 is 0 Å². The molecule has 2 rings (SSSR count). The van der Waals surface area contributed by atoms with Crippen LogP contribution in [0.4, 0.5) is 0 Å². The highest BCUT2D eigenvalue weighted by atomic mass is 79.9. The Bertz CT molecular complexity index is 673. The van der Waals surface area contributed by atoms with Crippen molar-refractivity contribution in [1.82, 2.24) is 19.9 Å². The molecule has 0 aliphatic rings. The van der Waals surface area contributed by atoms with Gasteiger partial charge in [-0.05, 0) is 29.3 Å². The molecule has 98 valence electrons. The molecule has 0 saturated heterocycles. The molecule has 0 aliphatic heterocycles. The Morgan fingerprint density at radius 2 is 2.42 bits per heavy atom. The van der Waals surface area contributed by atoms with Crippen molar-refractivity contribution < 1.29 is 4.79 Å². The maximum Gasteiger partial charge on any atom is 0.273 e. The van der Waals surface area contributed by atoms with E-state index in [0.29, 0.717) is 17.8 Å². The fourth-order valence-corrected chi connectivity index (χ4v) is 1.80. The smallest absolute Gasteiger partial charge is 0.273 e. The average molecular weight is 321 g/mol. The van der Waals surface area contributed by atoms with E-state index in [4.69, 9.17) is 6.42 Å². The Hall–Kier alpha value is -1.87. The third-order valence-electron chi connectivity index (χ3n) is 2.93. The van der Waals surface area contributed by atoms with Crippen LogP contribution in [0.25, 0.3) is 5.65 Å². The van der Waals surface area contributed by atoms with Gasteiger partial charge in [0.25, 0.3) is 5.91 Å². The largest absolute Gasteiger partial charge is 0.335 e. The van der Waals surface area contributed by atoms with Gasteiger partial charge in [-0.2, -0.15) is 5.10 Å². The lowest BCUT2D eigenvalue weighted by molar-refractivity contribution is 0.0918. The summed E-state index contributed by atoms with van der Waals surface area (Å²) in [5.74, 6) is 2.28. The molecule has 2 aromatic heterocycles. The molecule has 0 aromatic carbocycles. The van der Waals surface area contributed by atoms with Crippen molar-refractivity contribution in [3.05, 3.63) is 28.6 Å². The molecule has 1 atom stereocenters. The zero-order valence-electron chi connectivity index (χ0n) is 10.6. The van der Waals surface area contributed by atoms with Crippen molar-refractivity contribution in [2.24, 2.45) is 0 Å². The van der Waals surface area contributed by atoms with E-state index in [2.05, 4.69) is 37.2 Å². The number of carbonyl (C=O) groups is 1. The number of amides is 1. The van der Waals surface area contributed by atoms with Gasteiger partial charge in [-0.1, -0.05) is 12.8 Å². The molecule has 0 fully saturated rings. The zero-order valence-corrected chi connectivity index (χ0v) is 12.2. The van der Waals surface area contributed by atoms with Crippen LogP contribution < -0.4 is 5.32 Å². The lowest BCUT2D eigenvalue weighted by atomic mass is 10.0. The SMILES string of the molecule is C#C[C@](C)(CC)NC(=O)c1cc2ncc(Br)cn2n1. The summed E-state index contributed by atoms with van der Waals surface area (Å²) in [5, 5.41) is 6.96. The number of carbonyl (C=O) groups excluding carboxylic acids is 1. The predicted molar refractivity (Wildman–Crippen MR) is 75.7 cm³/mol. The molecule has 0 spiro atoms. The molecular formula is C13H13BrN4O. The molecule has 0 bridgehead atoms. The van der Waals surface area contributed by atoms with Crippen molar-refractivity contribution in [3.63, 3.8) is 0 Å². The van der Waals surface area contributed by atoms with Crippen molar-refractivity contribution in [1.29, 1.82) is 0 Å². The molecule has 5 nitrogen and oxygen atoms in total. The minimum absolute atomic E-state index is 0.292. The Balaban J connectivity index is 2.30. The Kier molecular flexibility index (Phi) is 3.58. The third-order valence-corrected chi connectivity index (χ3v) is 3.34. The topological polar surface area (TPSA) is 59.3 Å². The average Bonchev–Trinajstić information content (AvgIpc) is 2.81. The number of aromatic nitrogens is 3. The molecule has 0 radical (unpaired) electrons. The van der Waals surface area contributed by atoms with Gasteiger partial charge in [0, 0.05) is 18.5 Å². The van der Waals surface area contributed by atoms with Crippen molar-refractivity contribution in [2.75, 3.05) is 0 Å². The van der Waals surface area contributed by atoms with Crippen LogP contribution in [-0.2, 0) is 0 Å². The number of halogens is 1. The second-order valence-electron chi connectivity index (χ2n) is 4.39. The van der Waals surface area contributed by atoms with Gasteiger partial charge in [0.15, 0.2) is 11.3 Å². The molecule has 2 heterocycles. The van der Waals surface area contributed by atoms with Crippen LogP contribution in [0.3, 0.4) is 0 Å². The Morgan fingerprint density at radius 3 is 3.05 bits per heavy atom. The van der Waals surface area contributed by atoms with Crippen molar-refractivity contribution >= 4 is 27.5 Å². The number of nitrogens with one attached hydrogen (secondary N) is 1. The first-order chi connectivity index (χ1) is 8.97. The van der Waals surface area contributed by atoms with Gasteiger partial charge in [0.1, 0.15) is 0 Å². The van der Waals surface area contributed by atoms with Crippen LogP contribution in [0.1, 0.15) is 30.8 Å². The highest BCUT2D eigenvalue weighted by molar-refractivity contribution is 9.10. The van der Waals surface area contributed by atoms with Crippen molar-refractivity contribution in [3.8, 4) is 12.3 Å². The normalized spacial score (nSPS) is 13.8. The molecule has 2 aromatic rings. The van der Waals surface area contributed by atoms with Crippen molar-refractivity contribution in [2.45, 2.75) is 25.8 Å². The summed E-state index contributed by atoms with van der Waals surface area (Å²) < 4.78 is 2.33. The van der Waals surface area contributed by atoms with E-state index in [1.165, 1.54) is 4.52 Å². The molecule has 1 amide bonds. The number of hydrogen-bond donors (Lipinski definition) is 1. The highest BCUT2D eigenvalue weighted by Gasteiger charge is 2.23. The molecule has 0 unspecified atom stereocenters. The van der Waals surface area contributed by atoms with Crippen LogP contribution in [0.2, 0.25) is 0 Å². The molecule has 1 N–H and O–H groups in total. The van der Waals surface area contributed by atoms with E-state index in [-0.39, 0.29) is 5.91 Å². The fourth-order valence-electron chi connectivity index (χ4n) is 1.51. The molecule has 0 saturated carbocycles. The number of rotatable bonds is 3. The quantitative estimate of drug-likeness (QED) is 0.880.